The molecule has 4 heteroatoms. The highest BCUT2D eigenvalue weighted by Gasteiger charge is 2.41. The van der Waals surface area contributed by atoms with E-state index < -0.39 is 11.6 Å². The minimum atomic E-state index is -0.764. The summed E-state index contributed by atoms with van der Waals surface area (Å²) in [6, 6.07) is 4.74. The summed E-state index contributed by atoms with van der Waals surface area (Å²) in [6.45, 7) is 4.88. The van der Waals surface area contributed by atoms with E-state index in [1.165, 1.54) is 44.2 Å². The molecule has 2 nitrogen and oxygen atoms in total. The predicted molar refractivity (Wildman–Crippen MR) is 80.0 cm³/mol. The van der Waals surface area contributed by atoms with Crippen LogP contribution >= 0.6 is 0 Å². The second-order valence-corrected chi connectivity index (χ2v) is 6.70. The summed E-state index contributed by atoms with van der Waals surface area (Å²) in [7, 11) is 0. The number of nitrogens with one attached hydrogen (secondary N) is 1. The monoisotopic (exact) mass is 294 g/mol. The summed E-state index contributed by atoms with van der Waals surface area (Å²) in [5.41, 5.74) is 1.07. The van der Waals surface area contributed by atoms with Crippen LogP contribution in [0.3, 0.4) is 0 Å². The normalized spacial score (nSPS) is 26.1. The molecule has 3 rings (SSSR count). The van der Waals surface area contributed by atoms with Crippen LogP contribution in [0.4, 0.5) is 8.78 Å². The molecule has 0 bridgehead atoms. The van der Waals surface area contributed by atoms with Crippen LogP contribution in [-0.4, -0.2) is 29.6 Å². The van der Waals surface area contributed by atoms with Crippen LogP contribution in [-0.2, 0) is 6.54 Å². The molecule has 1 saturated carbocycles. The highest BCUT2D eigenvalue weighted by molar-refractivity contribution is 5.18. The molecule has 0 aromatic heterocycles. The molecule has 1 aliphatic carbocycles. The van der Waals surface area contributed by atoms with Gasteiger partial charge in [-0.1, -0.05) is 25.3 Å². The van der Waals surface area contributed by atoms with Gasteiger partial charge in [0.05, 0.1) is 0 Å². The molecular formula is C17H24F2N2. The first kappa shape index (κ1) is 14.9. The minimum Gasteiger partial charge on any atom is -0.311 e. The van der Waals surface area contributed by atoms with E-state index in [1.54, 1.807) is 6.07 Å². The van der Waals surface area contributed by atoms with Gasteiger partial charge in [-0.3, -0.25) is 4.90 Å². The topological polar surface area (TPSA) is 15.3 Å². The Kier molecular flexibility index (Phi) is 4.27. The van der Waals surface area contributed by atoms with Crippen molar-refractivity contribution in [3.05, 3.63) is 35.4 Å². The molecule has 2 aliphatic rings. The van der Waals surface area contributed by atoms with Crippen molar-refractivity contribution in [3.8, 4) is 0 Å². The third-order valence-electron chi connectivity index (χ3n) is 5.09. The average Bonchev–Trinajstić information content (AvgIpc) is 2.48. The van der Waals surface area contributed by atoms with Gasteiger partial charge in [0.15, 0.2) is 11.6 Å². The van der Waals surface area contributed by atoms with Gasteiger partial charge in [-0.15, -0.1) is 0 Å². The molecule has 1 aromatic carbocycles. The lowest BCUT2D eigenvalue weighted by Crippen LogP contribution is -2.64. The molecule has 21 heavy (non-hydrogen) atoms. The third kappa shape index (κ3) is 3.11. The zero-order chi connectivity index (χ0) is 14.9. The molecule has 1 atom stereocenters. The Morgan fingerprint density at radius 1 is 1.19 bits per heavy atom. The quantitative estimate of drug-likeness (QED) is 0.898. The van der Waals surface area contributed by atoms with Gasteiger partial charge in [0, 0.05) is 31.2 Å². The van der Waals surface area contributed by atoms with Crippen LogP contribution in [0.25, 0.3) is 0 Å². The zero-order valence-corrected chi connectivity index (χ0v) is 12.7. The van der Waals surface area contributed by atoms with Gasteiger partial charge in [-0.2, -0.15) is 0 Å². The summed E-state index contributed by atoms with van der Waals surface area (Å²) in [5, 5.41) is 3.60. The average molecular weight is 294 g/mol. The molecular weight excluding hydrogens is 270 g/mol. The fourth-order valence-corrected chi connectivity index (χ4v) is 3.86. The molecule has 2 fully saturated rings. The smallest absolute Gasteiger partial charge is 0.159 e. The van der Waals surface area contributed by atoms with E-state index in [9.17, 15) is 8.78 Å². The fourth-order valence-electron chi connectivity index (χ4n) is 3.86. The SMILES string of the molecule is CC1CN(Cc2ccc(F)c(F)c2)C2(CCCCC2)CN1. The van der Waals surface area contributed by atoms with Crippen LogP contribution in [0.15, 0.2) is 18.2 Å². The first-order valence-corrected chi connectivity index (χ1v) is 8.01. The van der Waals surface area contributed by atoms with E-state index in [2.05, 4.69) is 17.1 Å². The first-order chi connectivity index (χ1) is 10.1. The van der Waals surface area contributed by atoms with Crippen molar-refractivity contribution in [3.63, 3.8) is 0 Å². The van der Waals surface area contributed by atoms with Crippen LogP contribution in [0.2, 0.25) is 0 Å². The Hall–Kier alpha value is -1.00. The van der Waals surface area contributed by atoms with Gasteiger partial charge in [-0.25, -0.2) is 8.78 Å². The standard InChI is InChI=1S/C17H24F2N2/c1-13-10-21(11-14-5-6-15(18)16(19)9-14)17(12-20-13)7-3-2-4-8-17/h5-6,9,13,20H,2-4,7-8,10-12H2,1H3. The number of piperazine rings is 1. The van der Waals surface area contributed by atoms with Crippen molar-refractivity contribution in [2.45, 2.75) is 57.2 Å². The Bertz CT molecular complexity index is 498. The Balaban J connectivity index is 1.80. The first-order valence-electron chi connectivity index (χ1n) is 8.01. The Morgan fingerprint density at radius 3 is 2.67 bits per heavy atom. The van der Waals surface area contributed by atoms with E-state index >= 15 is 0 Å². The Labute approximate surface area is 125 Å². The van der Waals surface area contributed by atoms with Gasteiger partial charge >= 0.3 is 0 Å². The largest absolute Gasteiger partial charge is 0.311 e. The number of hydrogen-bond donors (Lipinski definition) is 1. The maximum absolute atomic E-state index is 13.4. The molecule has 1 spiro atoms. The summed E-state index contributed by atoms with van der Waals surface area (Å²) in [6.07, 6.45) is 6.26. The molecule has 0 amide bonds. The van der Waals surface area contributed by atoms with Crippen LogP contribution < -0.4 is 5.32 Å². The van der Waals surface area contributed by atoms with E-state index in [0.717, 1.165) is 18.7 Å². The van der Waals surface area contributed by atoms with Crippen LogP contribution in [0.1, 0.15) is 44.6 Å². The molecule has 1 N–H and O–H groups in total. The number of benzene rings is 1. The molecule has 116 valence electrons. The lowest BCUT2D eigenvalue weighted by molar-refractivity contribution is 0.00610. The van der Waals surface area contributed by atoms with Crippen LogP contribution in [0.5, 0.6) is 0 Å². The second kappa shape index (κ2) is 6.01. The number of nitrogens with zero attached hydrogens (tertiary/aromatic N) is 1. The molecule has 1 heterocycles. The summed E-state index contributed by atoms with van der Waals surface area (Å²) >= 11 is 0. The lowest BCUT2D eigenvalue weighted by atomic mass is 9.78. The third-order valence-corrected chi connectivity index (χ3v) is 5.09. The van der Waals surface area contributed by atoms with Crippen molar-refractivity contribution in [1.82, 2.24) is 10.2 Å². The van der Waals surface area contributed by atoms with E-state index in [-0.39, 0.29) is 5.54 Å². The van der Waals surface area contributed by atoms with Crippen molar-refractivity contribution in [2.24, 2.45) is 0 Å². The van der Waals surface area contributed by atoms with Crippen molar-refractivity contribution in [2.75, 3.05) is 13.1 Å². The van der Waals surface area contributed by atoms with Gasteiger partial charge in [0.25, 0.3) is 0 Å². The fraction of sp³-hybridized carbons (Fsp3) is 0.647. The molecule has 1 aromatic rings. The van der Waals surface area contributed by atoms with Gasteiger partial charge in [-0.05, 0) is 37.5 Å². The highest BCUT2D eigenvalue weighted by atomic mass is 19.2. The summed E-state index contributed by atoms with van der Waals surface area (Å²) < 4.78 is 26.5. The van der Waals surface area contributed by atoms with Gasteiger partial charge in [0.1, 0.15) is 0 Å². The number of rotatable bonds is 2. The molecule has 1 saturated heterocycles. The van der Waals surface area contributed by atoms with Crippen LogP contribution in [0, 0.1) is 11.6 Å². The molecule has 1 aliphatic heterocycles. The van der Waals surface area contributed by atoms with E-state index in [1.807, 2.05) is 0 Å². The maximum atomic E-state index is 13.4. The second-order valence-electron chi connectivity index (χ2n) is 6.70. The summed E-state index contributed by atoms with van der Waals surface area (Å²) in [5.74, 6) is -1.51. The number of halogens is 2. The maximum Gasteiger partial charge on any atom is 0.159 e. The van der Waals surface area contributed by atoms with E-state index in [4.69, 9.17) is 0 Å². The van der Waals surface area contributed by atoms with Crippen molar-refractivity contribution < 1.29 is 8.78 Å². The highest BCUT2D eigenvalue weighted by Crippen LogP contribution is 2.36. The van der Waals surface area contributed by atoms with E-state index in [0.29, 0.717) is 12.6 Å². The molecule has 0 radical (unpaired) electrons. The predicted octanol–water partition coefficient (Wildman–Crippen LogP) is 3.46. The Morgan fingerprint density at radius 2 is 1.95 bits per heavy atom. The number of hydrogen-bond acceptors (Lipinski definition) is 2. The van der Waals surface area contributed by atoms with Crippen molar-refractivity contribution in [1.29, 1.82) is 0 Å². The lowest BCUT2D eigenvalue weighted by Gasteiger charge is -2.51. The van der Waals surface area contributed by atoms with Crippen molar-refractivity contribution >= 4 is 0 Å². The van der Waals surface area contributed by atoms with Gasteiger partial charge in [0.2, 0.25) is 0 Å². The summed E-state index contributed by atoms with van der Waals surface area (Å²) in [4.78, 5) is 2.50. The zero-order valence-electron chi connectivity index (χ0n) is 12.7. The van der Waals surface area contributed by atoms with Gasteiger partial charge < -0.3 is 5.32 Å². The molecule has 1 unspecified atom stereocenters. The minimum absolute atomic E-state index is 0.204.